The minimum Gasteiger partial charge on any atom is -0.224 e. The topological polar surface area (TPSA) is 34.1 Å². The van der Waals surface area contributed by atoms with Crippen molar-refractivity contribution < 1.29 is 9.79 Å². The summed E-state index contributed by atoms with van der Waals surface area (Å²) < 4.78 is 33.7. The number of rotatable bonds is 8. The van der Waals surface area contributed by atoms with Crippen LogP contribution in [0.4, 0.5) is 0 Å². The second kappa shape index (κ2) is 8.52. The molecule has 1 aromatic rings. The molecule has 2 nitrogen and oxygen atoms in total. The fourth-order valence-corrected chi connectivity index (χ4v) is 4.51. The molecule has 0 N–H and O–H groups in total. The molecule has 1 aliphatic rings. The van der Waals surface area contributed by atoms with Crippen molar-refractivity contribution >= 4 is 9.84 Å². The molecule has 0 radical (unpaired) electrons. The van der Waals surface area contributed by atoms with Crippen LogP contribution in [-0.4, -0.2) is 14.1 Å². The molecule has 1 saturated carbocycles. The molecule has 0 aromatic heterocycles. The first-order chi connectivity index (χ1) is 11.1. The predicted octanol–water partition coefficient (Wildman–Crippen LogP) is 5.16. The summed E-state index contributed by atoms with van der Waals surface area (Å²) in [6.45, 7) is 2.20. The Morgan fingerprint density at radius 3 is 2.73 bits per heavy atom. The molecular formula is C19H28O2S. The van der Waals surface area contributed by atoms with E-state index in [-0.39, 0.29) is 10.8 Å². The van der Waals surface area contributed by atoms with E-state index < -0.39 is 15.6 Å². The van der Waals surface area contributed by atoms with E-state index in [1.54, 1.807) is 30.3 Å². The van der Waals surface area contributed by atoms with Gasteiger partial charge in [-0.25, -0.2) is 8.42 Å². The zero-order chi connectivity index (χ0) is 16.7. The van der Waals surface area contributed by atoms with Gasteiger partial charge < -0.3 is 0 Å². The largest absolute Gasteiger partial charge is 0.224 e. The Kier molecular flexibility index (Phi) is 6.11. The lowest BCUT2D eigenvalue weighted by Crippen LogP contribution is -2.15. The summed E-state index contributed by atoms with van der Waals surface area (Å²) in [7, 11) is -3.57. The predicted molar refractivity (Wildman–Crippen MR) is 92.7 cm³/mol. The first-order valence-corrected chi connectivity index (χ1v) is 10.0. The van der Waals surface area contributed by atoms with Crippen molar-refractivity contribution in [2.75, 3.05) is 5.73 Å². The molecule has 22 heavy (non-hydrogen) atoms. The van der Waals surface area contributed by atoms with Gasteiger partial charge in [0.05, 0.1) is 10.6 Å². The van der Waals surface area contributed by atoms with Crippen molar-refractivity contribution in [2.45, 2.75) is 63.2 Å². The number of hydrogen-bond acceptors (Lipinski definition) is 2. The summed E-state index contributed by atoms with van der Waals surface area (Å²) in [4.78, 5) is 0.272. The van der Waals surface area contributed by atoms with E-state index in [2.05, 4.69) is 13.0 Å². The number of sulfone groups is 1. The van der Waals surface area contributed by atoms with Crippen molar-refractivity contribution in [3.8, 4) is 0 Å². The van der Waals surface area contributed by atoms with Crippen LogP contribution in [0.25, 0.3) is 0 Å². The monoisotopic (exact) mass is 321 g/mol. The zero-order valence-electron chi connectivity index (χ0n) is 14.5. The molecule has 1 unspecified atom stereocenters. The van der Waals surface area contributed by atoms with Gasteiger partial charge in [0.15, 0.2) is 9.84 Å². The first-order valence-electron chi connectivity index (χ1n) is 9.05. The van der Waals surface area contributed by atoms with Crippen molar-refractivity contribution in [3.05, 3.63) is 42.0 Å². The van der Waals surface area contributed by atoms with Gasteiger partial charge in [-0.1, -0.05) is 56.0 Å². The molecule has 0 spiro atoms. The summed E-state index contributed by atoms with van der Waals surface area (Å²) in [5.74, 6) is -0.133. The fourth-order valence-electron chi connectivity index (χ4n) is 3.07. The Labute approximate surface area is 137 Å². The number of benzene rings is 1. The van der Waals surface area contributed by atoms with Crippen LogP contribution >= 0.6 is 0 Å². The second-order valence-corrected chi connectivity index (χ2v) is 7.95. The Balaban J connectivity index is 2.05. The average Bonchev–Trinajstić information content (AvgIpc) is 3.03. The third-order valence-corrected chi connectivity index (χ3v) is 5.95. The van der Waals surface area contributed by atoms with E-state index in [9.17, 15) is 8.42 Å². The summed E-state index contributed by atoms with van der Waals surface area (Å²) in [5.41, 5.74) is 0.121. The van der Waals surface area contributed by atoms with E-state index >= 15 is 0 Å². The van der Waals surface area contributed by atoms with Crippen molar-refractivity contribution in [1.29, 1.82) is 0 Å². The summed E-state index contributed by atoms with van der Waals surface area (Å²) >= 11 is 0. The second-order valence-electron chi connectivity index (χ2n) is 6.12. The van der Waals surface area contributed by atoms with E-state index in [1.807, 2.05) is 0 Å². The van der Waals surface area contributed by atoms with Crippen LogP contribution in [0.15, 0.2) is 46.9 Å². The number of hydrogen-bond donors (Lipinski definition) is 0. The molecule has 3 heteroatoms. The molecule has 0 bridgehead atoms. The quantitative estimate of drug-likeness (QED) is 0.490. The number of allylic oxidation sites excluding steroid dienone is 2. The maximum Gasteiger partial charge on any atom is 0.178 e. The highest BCUT2D eigenvalue weighted by Gasteiger charge is 2.27. The van der Waals surface area contributed by atoms with Crippen LogP contribution in [0.1, 0.15) is 59.7 Å². The lowest BCUT2D eigenvalue weighted by Gasteiger charge is -2.13. The van der Waals surface area contributed by atoms with Gasteiger partial charge in [0.2, 0.25) is 0 Å². The van der Waals surface area contributed by atoms with Crippen molar-refractivity contribution in [2.24, 2.45) is 5.92 Å². The minimum atomic E-state index is -3.57. The van der Waals surface area contributed by atoms with Crippen LogP contribution in [0, 0.1) is 5.92 Å². The molecule has 1 fully saturated rings. The van der Waals surface area contributed by atoms with Gasteiger partial charge in [0.25, 0.3) is 0 Å². The van der Waals surface area contributed by atoms with Gasteiger partial charge in [-0.2, -0.15) is 0 Å². The van der Waals surface area contributed by atoms with Gasteiger partial charge in [-0.15, -0.1) is 0 Å². The molecule has 2 rings (SSSR count). The van der Waals surface area contributed by atoms with Crippen LogP contribution in [0.5, 0.6) is 0 Å². The van der Waals surface area contributed by atoms with Gasteiger partial charge >= 0.3 is 0 Å². The van der Waals surface area contributed by atoms with Crippen molar-refractivity contribution in [1.82, 2.24) is 0 Å². The molecule has 0 amide bonds. The Bertz CT molecular complexity index is 608. The molecule has 2 atom stereocenters. The third-order valence-electron chi connectivity index (χ3n) is 4.34. The highest BCUT2D eigenvalue weighted by molar-refractivity contribution is 7.91. The summed E-state index contributed by atoms with van der Waals surface area (Å²) in [5, 5.41) is 0. The van der Waals surface area contributed by atoms with Crippen LogP contribution in [-0.2, 0) is 9.84 Å². The summed E-state index contributed by atoms with van der Waals surface area (Å²) in [6, 6.07) is 8.44. The minimum absolute atomic E-state index is 0.133. The molecule has 122 valence electrons. The maximum atomic E-state index is 12.7. The smallest absolute Gasteiger partial charge is 0.178 e. The molecular weight excluding hydrogens is 292 g/mol. The molecule has 0 saturated heterocycles. The zero-order valence-corrected chi connectivity index (χ0v) is 14.3. The van der Waals surface area contributed by atoms with Crippen molar-refractivity contribution in [3.63, 3.8) is 0 Å². The highest BCUT2D eigenvalue weighted by Crippen LogP contribution is 2.34. The fraction of sp³-hybridized carbons (Fsp3) is 0.579. The lowest BCUT2D eigenvalue weighted by atomic mass is 10.0. The molecule has 0 aliphatic heterocycles. The average molecular weight is 322 g/mol. The third kappa shape index (κ3) is 4.98. The van der Waals surface area contributed by atoms with E-state index in [1.165, 1.54) is 24.8 Å². The summed E-state index contributed by atoms with van der Waals surface area (Å²) in [6.07, 6.45) is 10.9. The first kappa shape index (κ1) is 15.8. The van der Waals surface area contributed by atoms with Gasteiger partial charge in [-0.3, -0.25) is 0 Å². The maximum absolute atomic E-state index is 12.7. The van der Waals surface area contributed by atoms with Crippen LogP contribution < -0.4 is 0 Å². The van der Waals surface area contributed by atoms with Crippen LogP contribution in [0.3, 0.4) is 0 Å². The Morgan fingerprint density at radius 1 is 1.23 bits per heavy atom. The normalized spacial score (nSPS) is 22.7. The molecule has 1 aliphatic carbocycles. The van der Waals surface area contributed by atoms with E-state index in [0.717, 1.165) is 32.1 Å². The Hall–Kier alpha value is -1.09. The van der Waals surface area contributed by atoms with Gasteiger partial charge in [0.1, 0.15) is 0 Å². The van der Waals surface area contributed by atoms with E-state index in [4.69, 9.17) is 1.37 Å². The Morgan fingerprint density at radius 2 is 2.00 bits per heavy atom. The number of unbranched alkanes of at least 4 members (excludes halogenated alkanes) is 4. The van der Waals surface area contributed by atoms with E-state index in [0.29, 0.717) is 0 Å². The SMILES string of the molecule is [2H][C@H](C1CCC/C1=C\CCCCCC)S(=O)(=O)c1ccccc1. The molecule has 0 heterocycles. The van der Waals surface area contributed by atoms with Crippen LogP contribution in [0.2, 0.25) is 0 Å². The van der Waals surface area contributed by atoms with Gasteiger partial charge in [0, 0.05) is 1.37 Å². The highest BCUT2D eigenvalue weighted by atomic mass is 32.2. The molecule has 1 aromatic carbocycles. The lowest BCUT2D eigenvalue weighted by molar-refractivity contribution is 0.579. The van der Waals surface area contributed by atoms with Gasteiger partial charge in [-0.05, 0) is 50.2 Å². The standard InChI is InChI=1S/C19H28O2S/c1-2-3-4-5-7-11-17-12-10-13-18(17)16-22(20,21)19-14-8-6-9-15-19/h6,8-9,11,14-15,18H,2-5,7,10,12-13,16H2,1H3/b17-11+/i16D/t16-,18?/m1/s1.